The van der Waals surface area contributed by atoms with Crippen molar-refractivity contribution in [1.82, 2.24) is 10.9 Å². The maximum absolute atomic E-state index is 2.82. The van der Waals surface area contributed by atoms with Gasteiger partial charge in [0.25, 0.3) is 0 Å². The van der Waals surface area contributed by atoms with Crippen molar-refractivity contribution in [3.63, 3.8) is 0 Å². The lowest BCUT2D eigenvalue weighted by Gasteiger charge is -1.90. The Labute approximate surface area is 44.6 Å². The summed E-state index contributed by atoms with van der Waals surface area (Å²) in [6.45, 7) is 2.09. The van der Waals surface area contributed by atoms with Gasteiger partial charge >= 0.3 is 0 Å². The zero-order chi connectivity index (χ0) is 5.54. The van der Waals surface area contributed by atoms with Crippen LogP contribution in [-0.4, -0.2) is 7.05 Å². The molecule has 2 nitrogen and oxygen atoms in total. The average Bonchev–Trinajstić information content (AvgIpc) is 1.69. The van der Waals surface area contributed by atoms with Crippen molar-refractivity contribution in [2.75, 3.05) is 7.05 Å². The van der Waals surface area contributed by atoms with Crippen LogP contribution in [0.1, 0.15) is 13.3 Å². The summed E-state index contributed by atoms with van der Waals surface area (Å²) in [5.41, 5.74) is 5.58. The summed E-state index contributed by atoms with van der Waals surface area (Å²) in [4.78, 5) is 0. The van der Waals surface area contributed by atoms with Crippen LogP contribution in [0.15, 0.2) is 12.3 Å². The topological polar surface area (TPSA) is 24.1 Å². The van der Waals surface area contributed by atoms with Crippen molar-refractivity contribution in [3.8, 4) is 0 Å². The molecule has 0 saturated heterocycles. The highest BCUT2D eigenvalue weighted by molar-refractivity contribution is 4.74. The number of rotatable bonds is 3. The second-order valence-electron chi connectivity index (χ2n) is 1.20. The van der Waals surface area contributed by atoms with E-state index in [-0.39, 0.29) is 0 Å². The van der Waals surface area contributed by atoms with Crippen molar-refractivity contribution in [2.24, 2.45) is 0 Å². The van der Waals surface area contributed by atoms with E-state index >= 15 is 0 Å². The molecule has 0 amide bonds. The molecule has 2 N–H and O–H groups in total. The van der Waals surface area contributed by atoms with Gasteiger partial charge in [0.1, 0.15) is 0 Å². The Kier molecular flexibility index (Phi) is 5.11. The largest absolute Gasteiger partial charge is 0.329 e. The SMILES string of the molecule is CC/C=C\NNC. The molecule has 0 aromatic heterocycles. The van der Waals surface area contributed by atoms with Gasteiger partial charge in [0.05, 0.1) is 0 Å². The van der Waals surface area contributed by atoms with Crippen molar-refractivity contribution in [3.05, 3.63) is 12.3 Å². The average molecular weight is 100 g/mol. The summed E-state index contributed by atoms with van der Waals surface area (Å²) in [6, 6.07) is 0. The molecule has 42 valence electrons. The van der Waals surface area contributed by atoms with E-state index in [0.717, 1.165) is 6.42 Å². The molecule has 0 aromatic rings. The Hall–Kier alpha value is -0.500. The first-order valence-corrected chi connectivity index (χ1v) is 2.49. The van der Waals surface area contributed by atoms with Gasteiger partial charge < -0.3 is 5.43 Å². The van der Waals surface area contributed by atoms with Crippen LogP contribution in [0, 0.1) is 0 Å². The predicted octanol–water partition coefficient (Wildman–Crippen LogP) is 0.634. The Bertz CT molecular complexity index is 50.0. The fourth-order valence-corrected chi connectivity index (χ4v) is 0.260. The second kappa shape index (κ2) is 5.50. The van der Waals surface area contributed by atoms with Gasteiger partial charge in [-0.3, -0.25) is 0 Å². The van der Waals surface area contributed by atoms with Gasteiger partial charge in [0, 0.05) is 13.2 Å². The Morgan fingerprint density at radius 1 is 1.57 bits per heavy atom. The minimum atomic E-state index is 1.08. The molecule has 0 aliphatic carbocycles. The summed E-state index contributed by atoms with van der Waals surface area (Å²) < 4.78 is 0. The molecule has 0 radical (unpaired) electrons. The third kappa shape index (κ3) is 5.50. The van der Waals surface area contributed by atoms with Gasteiger partial charge in [-0.2, -0.15) is 0 Å². The highest BCUT2D eigenvalue weighted by Crippen LogP contribution is 1.72. The van der Waals surface area contributed by atoms with Crippen LogP contribution in [0.25, 0.3) is 0 Å². The molecule has 0 heterocycles. The van der Waals surface area contributed by atoms with Crippen molar-refractivity contribution >= 4 is 0 Å². The minimum absolute atomic E-state index is 1.08. The summed E-state index contributed by atoms with van der Waals surface area (Å²) in [7, 11) is 1.83. The smallest absolute Gasteiger partial charge is 0.00849 e. The maximum Gasteiger partial charge on any atom is 0.00849 e. The third-order valence-corrected chi connectivity index (χ3v) is 0.581. The van der Waals surface area contributed by atoms with E-state index in [9.17, 15) is 0 Å². The second-order valence-corrected chi connectivity index (χ2v) is 1.20. The molecular weight excluding hydrogens is 88.1 g/mol. The summed E-state index contributed by atoms with van der Waals surface area (Å²) in [6.07, 6.45) is 4.99. The van der Waals surface area contributed by atoms with Crippen LogP contribution >= 0.6 is 0 Å². The maximum atomic E-state index is 2.82. The van der Waals surface area contributed by atoms with E-state index in [4.69, 9.17) is 0 Å². The Morgan fingerprint density at radius 2 is 2.29 bits per heavy atom. The van der Waals surface area contributed by atoms with E-state index in [1.54, 1.807) is 0 Å². The molecule has 0 bridgehead atoms. The lowest BCUT2D eigenvalue weighted by atomic mass is 10.5. The van der Waals surface area contributed by atoms with Crippen molar-refractivity contribution in [2.45, 2.75) is 13.3 Å². The molecule has 2 heteroatoms. The quantitative estimate of drug-likeness (QED) is 0.508. The molecule has 0 aliphatic rings. The zero-order valence-electron chi connectivity index (χ0n) is 4.86. The number of allylic oxidation sites excluding steroid dienone is 1. The van der Waals surface area contributed by atoms with Gasteiger partial charge in [0.2, 0.25) is 0 Å². The summed E-state index contributed by atoms with van der Waals surface area (Å²) in [5.74, 6) is 0. The van der Waals surface area contributed by atoms with Crippen LogP contribution in [0.2, 0.25) is 0 Å². The molecular formula is C5H12N2. The van der Waals surface area contributed by atoms with E-state index in [2.05, 4.69) is 17.8 Å². The van der Waals surface area contributed by atoms with Gasteiger partial charge in [0.15, 0.2) is 0 Å². The van der Waals surface area contributed by atoms with Gasteiger partial charge in [-0.15, -0.1) is 0 Å². The molecule has 0 saturated carbocycles. The highest BCUT2D eigenvalue weighted by atomic mass is 15.3. The molecule has 0 unspecified atom stereocenters. The lowest BCUT2D eigenvalue weighted by Crippen LogP contribution is -2.20. The number of hydrogen-bond acceptors (Lipinski definition) is 2. The first kappa shape index (κ1) is 6.50. The van der Waals surface area contributed by atoms with E-state index in [0.29, 0.717) is 0 Å². The summed E-state index contributed by atoms with van der Waals surface area (Å²) >= 11 is 0. The predicted molar refractivity (Wildman–Crippen MR) is 31.6 cm³/mol. The lowest BCUT2D eigenvalue weighted by molar-refractivity contribution is 0.728. The first-order chi connectivity index (χ1) is 3.41. The highest BCUT2D eigenvalue weighted by Gasteiger charge is 1.61. The minimum Gasteiger partial charge on any atom is -0.329 e. The monoisotopic (exact) mass is 100 g/mol. The van der Waals surface area contributed by atoms with Crippen LogP contribution < -0.4 is 10.9 Å². The molecule has 0 spiro atoms. The molecule has 0 aliphatic heterocycles. The van der Waals surface area contributed by atoms with Crippen LogP contribution in [0.5, 0.6) is 0 Å². The molecule has 0 rings (SSSR count). The normalized spacial score (nSPS) is 10.0. The van der Waals surface area contributed by atoms with Crippen LogP contribution in [0.4, 0.5) is 0 Å². The Morgan fingerprint density at radius 3 is 2.71 bits per heavy atom. The van der Waals surface area contributed by atoms with Crippen molar-refractivity contribution < 1.29 is 0 Å². The third-order valence-electron chi connectivity index (χ3n) is 0.581. The molecule has 7 heavy (non-hydrogen) atoms. The van der Waals surface area contributed by atoms with Crippen LogP contribution in [-0.2, 0) is 0 Å². The summed E-state index contributed by atoms with van der Waals surface area (Å²) in [5, 5.41) is 0. The standard InChI is InChI=1S/C5H12N2/c1-3-4-5-7-6-2/h4-7H,3H2,1-2H3/b5-4-. The first-order valence-electron chi connectivity index (χ1n) is 2.49. The number of hydrazine groups is 1. The van der Waals surface area contributed by atoms with Gasteiger partial charge in [-0.05, 0) is 6.42 Å². The molecule has 0 atom stereocenters. The number of nitrogens with one attached hydrogen (secondary N) is 2. The van der Waals surface area contributed by atoms with Gasteiger partial charge in [-0.1, -0.05) is 13.0 Å². The van der Waals surface area contributed by atoms with Crippen molar-refractivity contribution in [1.29, 1.82) is 0 Å². The van der Waals surface area contributed by atoms with E-state index in [1.807, 2.05) is 19.3 Å². The van der Waals surface area contributed by atoms with E-state index in [1.165, 1.54) is 0 Å². The van der Waals surface area contributed by atoms with E-state index < -0.39 is 0 Å². The number of hydrogen-bond donors (Lipinski definition) is 2. The zero-order valence-corrected chi connectivity index (χ0v) is 4.86. The molecule has 0 aromatic carbocycles. The van der Waals surface area contributed by atoms with Gasteiger partial charge in [-0.25, -0.2) is 5.43 Å². The fraction of sp³-hybridized carbons (Fsp3) is 0.600. The van der Waals surface area contributed by atoms with Crippen LogP contribution in [0.3, 0.4) is 0 Å². The fourth-order valence-electron chi connectivity index (χ4n) is 0.260. The molecule has 0 fully saturated rings. The Balaban J connectivity index is 2.78.